The molecule has 0 N–H and O–H groups in total. The van der Waals surface area contributed by atoms with Crippen LogP contribution in [0.25, 0.3) is 0 Å². The normalized spacial score (nSPS) is 9.14. The standard InChI is InChI=1S/C12H10P.Li/c1-3-7-11(8-4-1)13-12-9-5-2-6-10-12;/h1-10H;/q-1;+1. The largest absolute Gasteiger partial charge is 1.00 e. The Bertz CT molecular complexity index is 321. The van der Waals surface area contributed by atoms with E-state index in [0.29, 0.717) is 0 Å². The van der Waals surface area contributed by atoms with Gasteiger partial charge in [0.2, 0.25) is 0 Å². The average Bonchev–Trinajstić information content (AvgIpc) is 2.21. The summed E-state index contributed by atoms with van der Waals surface area (Å²) < 4.78 is 0. The number of benzene rings is 2. The van der Waals surface area contributed by atoms with Crippen molar-refractivity contribution >= 4 is 19.2 Å². The maximum Gasteiger partial charge on any atom is 1.00 e. The Hall–Kier alpha value is -0.533. The topological polar surface area (TPSA) is 0 Å². The minimum Gasteiger partial charge on any atom is -0.472 e. The van der Waals surface area contributed by atoms with Crippen molar-refractivity contribution in [2.75, 3.05) is 0 Å². The van der Waals surface area contributed by atoms with Crippen molar-refractivity contribution in [3.05, 3.63) is 60.7 Å². The molecule has 0 aliphatic heterocycles. The number of hydrogen-bond acceptors (Lipinski definition) is 0. The summed E-state index contributed by atoms with van der Waals surface area (Å²) in [5.74, 6) is 0. The molecule has 0 nitrogen and oxygen atoms in total. The quantitative estimate of drug-likeness (QED) is 0.448. The van der Waals surface area contributed by atoms with Gasteiger partial charge in [-0.25, -0.2) is 10.6 Å². The number of rotatable bonds is 2. The molecule has 2 aromatic rings. The van der Waals surface area contributed by atoms with Crippen LogP contribution in [0.5, 0.6) is 0 Å². The Balaban J connectivity index is 0.000000980. The zero-order chi connectivity index (χ0) is 8.93. The fourth-order valence-corrected chi connectivity index (χ4v) is 2.09. The second kappa shape index (κ2) is 6.05. The van der Waals surface area contributed by atoms with Gasteiger partial charge in [-0.15, -0.1) is 0 Å². The Kier molecular flexibility index (Phi) is 4.98. The van der Waals surface area contributed by atoms with Gasteiger partial charge in [-0.3, -0.25) is 0 Å². The van der Waals surface area contributed by atoms with Gasteiger partial charge in [0.1, 0.15) is 0 Å². The summed E-state index contributed by atoms with van der Waals surface area (Å²) in [6.45, 7) is 0. The van der Waals surface area contributed by atoms with E-state index in [1.807, 2.05) is 12.1 Å². The van der Waals surface area contributed by atoms with Crippen LogP contribution >= 0.6 is 8.58 Å². The van der Waals surface area contributed by atoms with Crippen LogP contribution in [0.1, 0.15) is 0 Å². The van der Waals surface area contributed by atoms with Gasteiger partial charge in [0.25, 0.3) is 0 Å². The summed E-state index contributed by atoms with van der Waals surface area (Å²) in [6, 6.07) is 21.0. The van der Waals surface area contributed by atoms with E-state index in [4.69, 9.17) is 0 Å². The van der Waals surface area contributed by atoms with Gasteiger partial charge >= 0.3 is 18.9 Å². The predicted octanol–water partition coefficient (Wildman–Crippen LogP) is -0.412. The molecular formula is C12H10LiP. The summed E-state index contributed by atoms with van der Waals surface area (Å²) >= 11 is 0. The molecule has 0 aliphatic rings. The molecule has 0 unspecified atom stereocenters. The maximum atomic E-state index is 2.15. The molecule has 2 heteroatoms. The van der Waals surface area contributed by atoms with E-state index in [2.05, 4.69) is 48.5 Å². The predicted molar refractivity (Wildman–Crippen MR) is 59.1 cm³/mol. The summed E-state index contributed by atoms with van der Waals surface area (Å²) in [4.78, 5) is 0. The van der Waals surface area contributed by atoms with Gasteiger partial charge < -0.3 is 8.58 Å². The molecule has 2 rings (SSSR count). The molecule has 0 bridgehead atoms. The van der Waals surface area contributed by atoms with E-state index < -0.39 is 0 Å². The van der Waals surface area contributed by atoms with Crippen molar-refractivity contribution in [3.8, 4) is 0 Å². The SMILES string of the molecule is [Li+].c1ccc([P-]c2ccccc2)cc1. The van der Waals surface area contributed by atoms with E-state index >= 15 is 0 Å². The molecule has 0 aromatic heterocycles. The minimum atomic E-state index is 0. The van der Waals surface area contributed by atoms with Crippen molar-refractivity contribution in [2.45, 2.75) is 0 Å². The van der Waals surface area contributed by atoms with Crippen LogP contribution in [-0.4, -0.2) is 0 Å². The molecule has 0 radical (unpaired) electrons. The van der Waals surface area contributed by atoms with Gasteiger partial charge in [0.05, 0.1) is 0 Å². The van der Waals surface area contributed by atoms with Crippen LogP contribution in [0.15, 0.2) is 60.7 Å². The van der Waals surface area contributed by atoms with Crippen molar-refractivity contribution in [1.82, 2.24) is 0 Å². The molecule has 0 spiro atoms. The smallest absolute Gasteiger partial charge is 0.472 e. The van der Waals surface area contributed by atoms with E-state index in [1.165, 1.54) is 19.2 Å². The molecule has 0 amide bonds. The van der Waals surface area contributed by atoms with Gasteiger partial charge in [-0.2, -0.15) is 0 Å². The van der Waals surface area contributed by atoms with Crippen molar-refractivity contribution < 1.29 is 18.9 Å². The second-order valence-corrected chi connectivity index (χ2v) is 4.04. The van der Waals surface area contributed by atoms with Crippen LogP contribution in [0, 0.1) is 0 Å². The zero-order valence-electron chi connectivity index (χ0n) is 8.22. The summed E-state index contributed by atoms with van der Waals surface area (Å²) in [5.41, 5.74) is 0. The van der Waals surface area contributed by atoms with E-state index in [-0.39, 0.29) is 18.9 Å². The molecule has 2 aromatic carbocycles. The van der Waals surface area contributed by atoms with Gasteiger partial charge in [0, 0.05) is 0 Å². The van der Waals surface area contributed by atoms with Gasteiger partial charge in [0.15, 0.2) is 0 Å². The number of hydrogen-bond donors (Lipinski definition) is 0. The Labute approximate surface area is 98.7 Å². The summed E-state index contributed by atoms with van der Waals surface area (Å²) in [7, 11) is 1.28. The third kappa shape index (κ3) is 3.32. The Morgan fingerprint density at radius 1 is 0.571 bits per heavy atom. The van der Waals surface area contributed by atoms with Crippen LogP contribution in [0.2, 0.25) is 0 Å². The van der Waals surface area contributed by atoms with Crippen LogP contribution in [0.3, 0.4) is 0 Å². The molecule has 0 atom stereocenters. The average molecular weight is 192 g/mol. The van der Waals surface area contributed by atoms with Crippen LogP contribution < -0.4 is 29.5 Å². The first-order chi connectivity index (χ1) is 6.45. The van der Waals surface area contributed by atoms with Crippen molar-refractivity contribution in [2.24, 2.45) is 0 Å². The summed E-state index contributed by atoms with van der Waals surface area (Å²) in [5, 5.41) is 2.68. The van der Waals surface area contributed by atoms with Gasteiger partial charge in [-0.1, -0.05) is 60.7 Å². The van der Waals surface area contributed by atoms with E-state index in [9.17, 15) is 0 Å². The van der Waals surface area contributed by atoms with E-state index in [1.54, 1.807) is 0 Å². The molecule has 0 saturated carbocycles. The molecule has 64 valence electrons. The zero-order valence-corrected chi connectivity index (χ0v) is 9.12. The first-order valence-corrected chi connectivity index (χ1v) is 5.16. The van der Waals surface area contributed by atoms with Crippen LogP contribution in [0.4, 0.5) is 0 Å². The van der Waals surface area contributed by atoms with Gasteiger partial charge in [-0.05, 0) is 0 Å². The fourth-order valence-electron chi connectivity index (χ4n) is 1.15. The maximum absolute atomic E-state index is 2.15. The minimum absolute atomic E-state index is 0. The fraction of sp³-hybridized carbons (Fsp3) is 0. The molecule has 0 saturated heterocycles. The Morgan fingerprint density at radius 3 is 1.29 bits per heavy atom. The van der Waals surface area contributed by atoms with E-state index in [0.717, 1.165) is 0 Å². The van der Waals surface area contributed by atoms with Crippen LogP contribution in [-0.2, 0) is 0 Å². The van der Waals surface area contributed by atoms with Crippen molar-refractivity contribution in [1.29, 1.82) is 0 Å². The van der Waals surface area contributed by atoms with Crippen molar-refractivity contribution in [3.63, 3.8) is 0 Å². The molecule has 0 aliphatic carbocycles. The third-order valence-electron chi connectivity index (χ3n) is 1.77. The molecule has 14 heavy (non-hydrogen) atoms. The third-order valence-corrected chi connectivity index (χ3v) is 2.88. The summed E-state index contributed by atoms with van der Waals surface area (Å²) in [6.07, 6.45) is 0. The first-order valence-electron chi connectivity index (χ1n) is 4.27. The first kappa shape index (κ1) is 11.5. The second-order valence-electron chi connectivity index (χ2n) is 2.78. The monoisotopic (exact) mass is 192 g/mol. The molecule has 0 heterocycles. The Morgan fingerprint density at radius 2 is 0.929 bits per heavy atom. The molecule has 0 fully saturated rings. The molecular weight excluding hydrogens is 182 g/mol.